The fourth-order valence-corrected chi connectivity index (χ4v) is 1.11. The molecule has 1 amide bonds. The molecule has 0 aliphatic carbocycles. The average molecular weight is 276 g/mol. The van der Waals surface area contributed by atoms with Crippen molar-refractivity contribution in [3.05, 3.63) is 24.0 Å². The van der Waals surface area contributed by atoms with Crippen LogP contribution < -0.4 is 11.1 Å². The largest absolute Gasteiger partial charge is 0.433 e. The van der Waals surface area contributed by atoms with E-state index in [1.54, 1.807) is 0 Å². The summed E-state index contributed by atoms with van der Waals surface area (Å²) in [5.41, 5.74) is 4.25. The van der Waals surface area contributed by atoms with Crippen molar-refractivity contribution in [1.29, 1.82) is 0 Å². The number of oxime groups is 1. The molecule has 4 N–H and O–H groups in total. The number of aromatic nitrogens is 1. The standard InChI is InChI=1S/C10H11F3N4O2/c1-5(8(14)17-19)9(18)16-6-2-3-7(15-4-6)10(11,12)13/h2-5,19H,1H3,(H2,14,17)(H,16,18). The van der Waals surface area contributed by atoms with E-state index in [1.165, 1.54) is 6.92 Å². The van der Waals surface area contributed by atoms with Crippen molar-refractivity contribution in [2.75, 3.05) is 5.32 Å². The molecule has 1 heterocycles. The molecule has 0 saturated carbocycles. The van der Waals surface area contributed by atoms with Crippen molar-refractivity contribution in [2.45, 2.75) is 13.1 Å². The highest BCUT2D eigenvalue weighted by Gasteiger charge is 2.32. The van der Waals surface area contributed by atoms with Crippen LogP contribution >= 0.6 is 0 Å². The molecule has 0 aliphatic heterocycles. The first-order chi connectivity index (χ1) is 8.75. The van der Waals surface area contributed by atoms with Gasteiger partial charge >= 0.3 is 6.18 Å². The number of nitrogens with zero attached hydrogens (tertiary/aromatic N) is 2. The number of hydrogen-bond acceptors (Lipinski definition) is 4. The summed E-state index contributed by atoms with van der Waals surface area (Å²) in [6.07, 6.45) is -3.66. The third-order valence-electron chi connectivity index (χ3n) is 2.27. The molecule has 0 aliphatic rings. The third kappa shape index (κ3) is 3.83. The fourth-order valence-electron chi connectivity index (χ4n) is 1.11. The van der Waals surface area contributed by atoms with E-state index in [0.717, 1.165) is 18.3 Å². The van der Waals surface area contributed by atoms with Gasteiger partial charge in [0.25, 0.3) is 0 Å². The van der Waals surface area contributed by atoms with Crippen LogP contribution in [0.15, 0.2) is 23.5 Å². The molecule has 1 atom stereocenters. The van der Waals surface area contributed by atoms with Crippen LogP contribution in [0, 0.1) is 5.92 Å². The monoisotopic (exact) mass is 276 g/mol. The summed E-state index contributed by atoms with van der Waals surface area (Å²) in [4.78, 5) is 14.7. The van der Waals surface area contributed by atoms with Crippen LogP contribution in [0.4, 0.5) is 18.9 Å². The molecule has 1 aromatic rings. The average Bonchev–Trinajstić information content (AvgIpc) is 2.36. The Morgan fingerprint density at radius 3 is 2.58 bits per heavy atom. The maximum atomic E-state index is 12.3. The van der Waals surface area contributed by atoms with Crippen LogP contribution in [0.3, 0.4) is 0 Å². The van der Waals surface area contributed by atoms with E-state index in [0.29, 0.717) is 0 Å². The van der Waals surface area contributed by atoms with E-state index in [9.17, 15) is 18.0 Å². The molecule has 0 fully saturated rings. The van der Waals surface area contributed by atoms with Gasteiger partial charge < -0.3 is 16.3 Å². The van der Waals surface area contributed by atoms with Gasteiger partial charge in [0, 0.05) is 0 Å². The number of rotatable bonds is 3. The summed E-state index contributed by atoms with van der Waals surface area (Å²) < 4.78 is 36.8. The summed E-state index contributed by atoms with van der Waals surface area (Å²) in [5, 5.41) is 13.4. The van der Waals surface area contributed by atoms with Gasteiger partial charge in [-0.05, 0) is 19.1 Å². The highest BCUT2D eigenvalue weighted by molar-refractivity contribution is 6.07. The Morgan fingerprint density at radius 2 is 2.16 bits per heavy atom. The summed E-state index contributed by atoms with van der Waals surface area (Å²) in [6, 6.07) is 1.80. The van der Waals surface area contributed by atoms with Gasteiger partial charge in [-0.3, -0.25) is 4.79 Å². The van der Waals surface area contributed by atoms with E-state index in [-0.39, 0.29) is 11.5 Å². The molecule has 0 saturated heterocycles. The molecule has 0 bridgehead atoms. The van der Waals surface area contributed by atoms with Crippen molar-refractivity contribution in [3.8, 4) is 0 Å². The summed E-state index contributed by atoms with van der Waals surface area (Å²) >= 11 is 0. The number of nitrogens with one attached hydrogen (secondary N) is 1. The molecule has 9 heteroatoms. The minimum absolute atomic E-state index is 0.0792. The SMILES string of the molecule is CC(C(=O)Nc1ccc(C(F)(F)F)nc1)/C(N)=N/O. The van der Waals surface area contributed by atoms with E-state index >= 15 is 0 Å². The maximum Gasteiger partial charge on any atom is 0.433 e. The number of carbonyl (C=O) groups excluding carboxylic acids is 1. The predicted octanol–water partition coefficient (Wildman–Crippen LogP) is 1.42. The van der Waals surface area contributed by atoms with E-state index < -0.39 is 23.7 Å². The van der Waals surface area contributed by atoms with Crippen LogP contribution in [0.2, 0.25) is 0 Å². The Morgan fingerprint density at radius 1 is 1.53 bits per heavy atom. The minimum Gasteiger partial charge on any atom is -0.409 e. The molecule has 104 valence electrons. The normalized spacial score (nSPS) is 14.0. The number of nitrogens with two attached hydrogens (primary N) is 1. The van der Waals surface area contributed by atoms with Crippen LogP contribution in [0.5, 0.6) is 0 Å². The highest BCUT2D eigenvalue weighted by atomic mass is 19.4. The molecule has 6 nitrogen and oxygen atoms in total. The molecular formula is C10H11F3N4O2. The second-order valence-electron chi connectivity index (χ2n) is 3.67. The number of pyridine rings is 1. The molecule has 19 heavy (non-hydrogen) atoms. The second-order valence-corrected chi connectivity index (χ2v) is 3.67. The maximum absolute atomic E-state index is 12.3. The van der Waals surface area contributed by atoms with E-state index in [4.69, 9.17) is 10.9 Å². The zero-order chi connectivity index (χ0) is 14.6. The van der Waals surface area contributed by atoms with Crippen LogP contribution in [-0.2, 0) is 11.0 Å². The van der Waals surface area contributed by atoms with Gasteiger partial charge in [0.05, 0.1) is 17.8 Å². The molecule has 1 unspecified atom stereocenters. The second kappa shape index (κ2) is 5.55. The number of halogens is 3. The zero-order valence-electron chi connectivity index (χ0n) is 9.77. The van der Waals surface area contributed by atoms with Crippen LogP contribution in [0.1, 0.15) is 12.6 Å². The number of anilines is 1. The molecule has 1 rings (SSSR count). The van der Waals surface area contributed by atoms with Gasteiger partial charge in [0.15, 0.2) is 5.84 Å². The lowest BCUT2D eigenvalue weighted by atomic mass is 10.1. The topological polar surface area (TPSA) is 101 Å². The van der Waals surface area contributed by atoms with Gasteiger partial charge in [-0.2, -0.15) is 13.2 Å². The Hall–Kier alpha value is -2.32. The molecule has 0 spiro atoms. The van der Waals surface area contributed by atoms with Crippen molar-refractivity contribution < 1.29 is 23.2 Å². The van der Waals surface area contributed by atoms with Gasteiger partial charge in [-0.1, -0.05) is 5.16 Å². The summed E-state index contributed by atoms with van der Waals surface area (Å²) in [6.45, 7) is 1.38. The Kier molecular flexibility index (Phi) is 4.30. The first-order valence-corrected chi connectivity index (χ1v) is 5.07. The number of amidine groups is 1. The lowest BCUT2D eigenvalue weighted by molar-refractivity contribution is -0.141. The number of alkyl halides is 3. The third-order valence-corrected chi connectivity index (χ3v) is 2.27. The van der Waals surface area contributed by atoms with Crippen molar-refractivity contribution >= 4 is 17.4 Å². The zero-order valence-corrected chi connectivity index (χ0v) is 9.77. The van der Waals surface area contributed by atoms with Crippen LogP contribution in [-0.4, -0.2) is 21.9 Å². The summed E-state index contributed by atoms with van der Waals surface area (Å²) in [5.74, 6) is -1.86. The fraction of sp³-hybridized carbons (Fsp3) is 0.300. The first kappa shape index (κ1) is 14.7. The number of amides is 1. The van der Waals surface area contributed by atoms with E-state index in [1.807, 2.05) is 0 Å². The molecule has 0 radical (unpaired) electrons. The smallest absolute Gasteiger partial charge is 0.409 e. The van der Waals surface area contributed by atoms with E-state index in [2.05, 4.69) is 15.5 Å². The molecule has 1 aromatic heterocycles. The molecule has 0 aromatic carbocycles. The van der Waals surface area contributed by atoms with Crippen molar-refractivity contribution in [2.24, 2.45) is 16.8 Å². The van der Waals surface area contributed by atoms with Crippen molar-refractivity contribution in [3.63, 3.8) is 0 Å². The van der Waals surface area contributed by atoms with Gasteiger partial charge in [0.2, 0.25) is 5.91 Å². The Balaban J connectivity index is 2.76. The first-order valence-electron chi connectivity index (χ1n) is 5.07. The Bertz CT molecular complexity index is 485. The lowest BCUT2D eigenvalue weighted by Crippen LogP contribution is -2.32. The van der Waals surface area contributed by atoms with Gasteiger partial charge in [-0.25, -0.2) is 4.98 Å². The quantitative estimate of drug-likeness (QED) is 0.336. The predicted molar refractivity (Wildman–Crippen MR) is 60.4 cm³/mol. The minimum atomic E-state index is -4.54. The van der Waals surface area contributed by atoms with Crippen LogP contribution in [0.25, 0.3) is 0 Å². The lowest BCUT2D eigenvalue weighted by Gasteiger charge is -2.11. The van der Waals surface area contributed by atoms with Gasteiger partial charge in [-0.15, -0.1) is 0 Å². The number of hydrogen-bond donors (Lipinski definition) is 3. The number of carbonyl (C=O) groups is 1. The van der Waals surface area contributed by atoms with Gasteiger partial charge in [0.1, 0.15) is 5.69 Å². The Labute approximate surface area is 106 Å². The van der Waals surface area contributed by atoms with Crippen molar-refractivity contribution in [1.82, 2.24) is 4.98 Å². The highest BCUT2D eigenvalue weighted by Crippen LogP contribution is 2.27. The molecular weight excluding hydrogens is 265 g/mol. The summed E-state index contributed by atoms with van der Waals surface area (Å²) in [7, 11) is 0.